The molecule has 0 unspecified atom stereocenters. The Hall–Kier alpha value is -3.91. The maximum atomic E-state index is 13.5. The normalized spacial score (nSPS) is 11.4. The molecule has 0 aliphatic heterocycles. The Bertz CT molecular complexity index is 1480. The van der Waals surface area contributed by atoms with Crippen LogP contribution < -0.4 is 10.0 Å². The van der Waals surface area contributed by atoms with Gasteiger partial charge in [0.2, 0.25) is 10.0 Å². The Balaban J connectivity index is 1.93. The van der Waals surface area contributed by atoms with Crippen molar-refractivity contribution < 1.29 is 22.0 Å². The molecule has 0 aliphatic carbocycles. The van der Waals surface area contributed by atoms with Crippen molar-refractivity contribution in [1.29, 1.82) is 0 Å². The van der Waals surface area contributed by atoms with Crippen LogP contribution in [0.1, 0.15) is 23.2 Å². The zero-order valence-corrected chi connectivity index (χ0v) is 20.0. The number of halogens is 1. The van der Waals surface area contributed by atoms with Crippen molar-refractivity contribution in [3.63, 3.8) is 0 Å². The van der Waals surface area contributed by atoms with Crippen molar-refractivity contribution in [3.05, 3.63) is 90.8 Å². The number of hydrogen-bond acceptors (Lipinski definition) is 4. The lowest BCUT2D eigenvalue weighted by molar-refractivity contribution is 0.0964. The van der Waals surface area contributed by atoms with Crippen molar-refractivity contribution in [2.75, 3.05) is 17.5 Å². The highest BCUT2D eigenvalue weighted by Crippen LogP contribution is 2.40. The van der Waals surface area contributed by atoms with Gasteiger partial charge in [-0.05, 0) is 48.7 Å². The molecular formula is C27H25FN2O4S. The minimum absolute atomic E-state index is 0.0617. The lowest BCUT2D eigenvalue weighted by Gasteiger charge is -2.13. The largest absolute Gasteiger partial charge is 0.455 e. The van der Waals surface area contributed by atoms with Crippen LogP contribution in [-0.4, -0.2) is 27.1 Å². The summed E-state index contributed by atoms with van der Waals surface area (Å²) in [7, 11) is -2.13. The molecule has 8 heteroatoms. The number of rotatable bonds is 9. The summed E-state index contributed by atoms with van der Waals surface area (Å²) in [4.78, 5) is 12.9. The maximum Gasteiger partial charge on any atom is 0.255 e. The molecule has 0 fully saturated rings. The predicted octanol–water partition coefficient (Wildman–Crippen LogP) is 5.97. The molecule has 0 atom stereocenters. The van der Waals surface area contributed by atoms with Crippen LogP contribution in [0.3, 0.4) is 0 Å². The quantitative estimate of drug-likeness (QED) is 0.222. The van der Waals surface area contributed by atoms with Crippen molar-refractivity contribution in [2.24, 2.45) is 0 Å². The smallest absolute Gasteiger partial charge is 0.255 e. The van der Waals surface area contributed by atoms with E-state index in [9.17, 15) is 17.6 Å². The Morgan fingerprint density at radius 1 is 1.06 bits per heavy atom. The van der Waals surface area contributed by atoms with Gasteiger partial charge in [-0.2, -0.15) is 0 Å². The molecule has 0 spiro atoms. The number of amides is 1. The topological polar surface area (TPSA) is 88.4 Å². The first-order valence-electron chi connectivity index (χ1n) is 11.1. The summed E-state index contributed by atoms with van der Waals surface area (Å²) in [5.41, 5.74) is 2.84. The summed E-state index contributed by atoms with van der Waals surface area (Å²) in [6.07, 6.45) is 2.70. The molecule has 0 aliphatic rings. The number of fused-ring (bicyclic) bond motifs is 1. The minimum Gasteiger partial charge on any atom is -0.455 e. The molecule has 1 amide bonds. The molecule has 6 nitrogen and oxygen atoms in total. The van der Waals surface area contributed by atoms with Crippen LogP contribution in [0.2, 0.25) is 0 Å². The number of benzene rings is 3. The van der Waals surface area contributed by atoms with Gasteiger partial charge in [-0.25, -0.2) is 12.8 Å². The average Bonchev–Trinajstić information content (AvgIpc) is 3.22. The lowest BCUT2D eigenvalue weighted by atomic mass is 9.99. The van der Waals surface area contributed by atoms with Crippen molar-refractivity contribution >= 4 is 32.6 Å². The molecule has 0 saturated carbocycles. The third-order valence-corrected chi connectivity index (χ3v) is 6.92. The summed E-state index contributed by atoms with van der Waals surface area (Å²) in [5.74, 6) is -0.580. The van der Waals surface area contributed by atoms with E-state index in [0.717, 1.165) is 5.56 Å². The zero-order valence-electron chi connectivity index (χ0n) is 19.2. The van der Waals surface area contributed by atoms with E-state index in [4.69, 9.17) is 4.42 Å². The van der Waals surface area contributed by atoms with E-state index in [-0.39, 0.29) is 23.0 Å². The van der Waals surface area contributed by atoms with E-state index >= 15 is 0 Å². The number of hydrogen-bond donors (Lipinski definition) is 2. The van der Waals surface area contributed by atoms with E-state index in [1.807, 2.05) is 30.3 Å². The van der Waals surface area contributed by atoms with Crippen molar-refractivity contribution in [3.8, 4) is 22.5 Å². The third kappa shape index (κ3) is 5.27. The fraction of sp³-hybridized carbons (Fsp3) is 0.148. The van der Waals surface area contributed by atoms with Crippen molar-refractivity contribution in [1.82, 2.24) is 5.32 Å². The van der Waals surface area contributed by atoms with Crippen LogP contribution in [0, 0.1) is 5.82 Å². The highest BCUT2D eigenvalue weighted by Gasteiger charge is 2.24. The number of anilines is 1. The number of furan rings is 1. The molecule has 4 rings (SSSR count). The minimum atomic E-state index is -3.65. The number of allylic oxidation sites excluding steroid dienone is 1. The summed E-state index contributed by atoms with van der Waals surface area (Å²) in [6, 6.07) is 18.2. The van der Waals surface area contributed by atoms with Gasteiger partial charge < -0.3 is 9.73 Å². The van der Waals surface area contributed by atoms with Crippen LogP contribution in [0.25, 0.3) is 33.4 Å². The van der Waals surface area contributed by atoms with Crippen LogP contribution in [-0.2, 0) is 10.0 Å². The molecule has 3 aromatic carbocycles. The van der Waals surface area contributed by atoms with Gasteiger partial charge in [-0.1, -0.05) is 36.4 Å². The van der Waals surface area contributed by atoms with Gasteiger partial charge in [0.05, 0.1) is 17.0 Å². The standard InChI is InChI=1S/C27H25FN2O4S/c1-3-4-8-15-35(32,33)30-23-17-24-22(16-21(23)18-9-6-5-7-10-18)25(27(31)29-2)26(34-24)19-11-13-20(28)14-12-19/h3,5-7,9-14,16-17,30H,1,4,8,15H2,2H3,(H,29,31). The van der Waals surface area contributed by atoms with Crippen LogP contribution in [0.5, 0.6) is 0 Å². The Morgan fingerprint density at radius 2 is 1.77 bits per heavy atom. The first-order valence-corrected chi connectivity index (χ1v) is 12.7. The van der Waals surface area contributed by atoms with E-state index in [1.54, 1.807) is 18.2 Å². The van der Waals surface area contributed by atoms with Crippen LogP contribution >= 0.6 is 0 Å². The number of carbonyl (C=O) groups is 1. The fourth-order valence-corrected chi connectivity index (χ4v) is 5.03. The molecular weight excluding hydrogens is 467 g/mol. The second-order valence-electron chi connectivity index (χ2n) is 8.00. The van der Waals surface area contributed by atoms with Gasteiger partial charge in [0.15, 0.2) is 0 Å². The molecule has 2 N–H and O–H groups in total. The summed E-state index contributed by atoms with van der Waals surface area (Å²) >= 11 is 0. The number of nitrogens with one attached hydrogen (secondary N) is 2. The van der Waals surface area contributed by atoms with Gasteiger partial charge in [0, 0.05) is 29.6 Å². The molecule has 0 bridgehead atoms. The lowest BCUT2D eigenvalue weighted by Crippen LogP contribution is -2.18. The van der Waals surface area contributed by atoms with Crippen LogP contribution in [0.4, 0.5) is 10.1 Å². The van der Waals surface area contributed by atoms with Gasteiger partial charge in [0.1, 0.15) is 17.2 Å². The first-order chi connectivity index (χ1) is 16.8. The molecule has 1 aromatic heterocycles. The van der Waals surface area contributed by atoms with E-state index < -0.39 is 15.8 Å². The Morgan fingerprint density at radius 3 is 2.43 bits per heavy atom. The molecule has 4 aromatic rings. The van der Waals surface area contributed by atoms with Gasteiger partial charge in [-0.3, -0.25) is 9.52 Å². The van der Waals surface area contributed by atoms with Crippen LogP contribution in [0.15, 0.2) is 83.8 Å². The Labute approximate surface area is 203 Å². The van der Waals surface area contributed by atoms with Gasteiger partial charge in [0.25, 0.3) is 5.91 Å². The van der Waals surface area contributed by atoms with E-state index in [2.05, 4.69) is 16.6 Å². The number of carbonyl (C=O) groups excluding carboxylic acids is 1. The SMILES string of the molecule is C=CCCCS(=O)(=O)Nc1cc2oc(-c3ccc(F)cc3)c(C(=O)NC)c2cc1-c1ccccc1. The summed E-state index contributed by atoms with van der Waals surface area (Å²) in [6.45, 7) is 3.63. The zero-order chi connectivity index (χ0) is 25.0. The monoisotopic (exact) mass is 492 g/mol. The highest BCUT2D eigenvalue weighted by atomic mass is 32.2. The average molecular weight is 493 g/mol. The molecule has 0 saturated heterocycles. The molecule has 0 radical (unpaired) electrons. The van der Waals surface area contributed by atoms with Gasteiger partial charge >= 0.3 is 0 Å². The molecule has 180 valence electrons. The number of unbranched alkanes of at least 4 members (excludes halogenated alkanes) is 1. The number of sulfonamides is 1. The maximum absolute atomic E-state index is 13.5. The van der Waals surface area contributed by atoms with Gasteiger partial charge in [-0.15, -0.1) is 6.58 Å². The van der Waals surface area contributed by atoms with E-state index in [0.29, 0.717) is 40.6 Å². The Kier molecular flexibility index (Phi) is 7.02. The summed E-state index contributed by atoms with van der Waals surface area (Å²) in [5, 5.41) is 3.14. The first kappa shape index (κ1) is 24.2. The predicted molar refractivity (Wildman–Crippen MR) is 137 cm³/mol. The second kappa shape index (κ2) is 10.1. The van der Waals surface area contributed by atoms with Crippen molar-refractivity contribution in [2.45, 2.75) is 12.8 Å². The third-order valence-electron chi connectivity index (χ3n) is 5.56. The second-order valence-corrected chi connectivity index (χ2v) is 9.85. The summed E-state index contributed by atoms with van der Waals surface area (Å²) < 4.78 is 47.9. The molecule has 35 heavy (non-hydrogen) atoms. The fourth-order valence-electron chi connectivity index (χ4n) is 3.88. The van der Waals surface area contributed by atoms with E-state index in [1.165, 1.54) is 31.3 Å². The molecule has 1 heterocycles. The highest BCUT2D eigenvalue weighted by molar-refractivity contribution is 7.92.